The number of nitriles is 1. The average Bonchev–Trinajstić information content (AvgIpc) is 2.37. The molecule has 1 N–H and O–H groups in total. The van der Waals surface area contributed by atoms with E-state index in [4.69, 9.17) is 5.26 Å². The zero-order valence-electron chi connectivity index (χ0n) is 10.7. The maximum Gasteiger partial charge on any atom is 0.242 e. The van der Waals surface area contributed by atoms with Crippen LogP contribution in [0.5, 0.6) is 0 Å². The van der Waals surface area contributed by atoms with Gasteiger partial charge in [0.2, 0.25) is 10.0 Å². The molecule has 0 aromatic carbocycles. The van der Waals surface area contributed by atoms with Crippen LogP contribution in [0.4, 0.5) is 0 Å². The van der Waals surface area contributed by atoms with Gasteiger partial charge in [-0.2, -0.15) is 5.26 Å². The van der Waals surface area contributed by atoms with Crippen molar-refractivity contribution in [2.75, 3.05) is 0 Å². The number of hydrogen-bond donors (Lipinski definition) is 1. The van der Waals surface area contributed by atoms with Crippen LogP contribution < -0.4 is 4.72 Å². The van der Waals surface area contributed by atoms with E-state index in [0.717, 1.165) is 6.42 Å². The Morgan fingerprint density at radius 2 is 2.11 bits per heavy atom. The van der Waals surface area contributed by atoms with Crippen LogP contribution in [0.1, 0.15) is 32.9 Å². The second-order valence-corrected chi connectivity index (χ2v) is 6.00. The van der Waals surface area contributed by atoms with Gasteiger partial charge in [0.25, 0.3) is 0 Å². The highest BCUT2D eigenvalue weighted by Gasteiger charge is 2.20. The van der Waals surface area contributed by atoms with Crippen LogP contribution in [0, 0.1) is 17.2 Å². The van der Waals surface area contributed by atoms with Crippen molar-refractivity contribution in [2.24, 2.45) is 5.92 Å². The lowest BCUT2D eigenvalue weighted by Crippen LogP contribution is -2.36. The average molecular weight is 267 g/mol. The van der Waals surface area contributed by atoms with Crippen LogP contribution in [0.2, 0.25) is 0 Å². The monoisotopic (exact) mass is 267 g/mol. The number of pyridine rings is 1. The molecule has 5 nitrogen and oxygen atoms in total. The number of rotatable bonds is 5. The fourth-order valence-electron chi connectivity index (χ4n) is 1.39. The number of hydrogen-bond acceptors (Lipinski definition) is 4. The SMILES string of the molecule is CCC(C)C(C)NS(=O)(=O)c1ccc(C#N)nc1. The summed E-state index contributed by atoms with van der Waals surface area (Å²) in [5.41, 5.74) is 0.198. The van der Waals surface area contributed by atoms with Gasteiger partial charge < -0.3 is 0 Å². The van der Waals surface area contributed by atoms with Crippen molar-refractivity contribution in [1.29, 1.82) is 5.26 Å². The van der Waals surface area contributed by atoms with Gasteiger partial charge in [0.15, 0.2) is 0 Å². The normalized spacial score (nSPS) is 14.8. The maximum atomic E-state index is 12.0. The molecule has 98 valence electrons. The minimum absolute atomic E-state index is 0.0802. The summed E-state index contributed by atoms with van der Waals surface area (Å²) in [6.45, 7) is 5.84. The minimum atomic E-state index is -3.56. The summed E-state index contributed by atoms with van der Waals surface area (Å²) in [4.78, 5) is 3.84. The molecule has 1 rings (SSSR count). The van der Waals surface area contributed by atoms with E-state index in [9.17, 15) is 8.42 Å². The van der Waals surface area contributed by atoms with Crippen molar-refractivity contribution < 1.29 is 8.42 Å². The van der Waals surface area contributed by atoms with Gasteiger partial charge in [0.1, 0.15) is 16.7 Å². The van der Waals surface area contributed by atoms with Crippen LogP contribution in [-0.2, 0) is 10.0 Å². The van der Waals surface area contributed by atoms with E-state index in [-0.39, 0.29) is 22.5 Å². The van der Waals surface area contributed by atoms with Gasteiger partial charge in [-0.25, -0.2) is 18.1 Å². The van der Waals surface area contributed by atoms with Crippen LogP contribution >= 0.6 is 0 Å². The molecule has 0 radical (unpaired) electrons. The fraction of sp³-hybridized carbons (Fsp3) is 0.500. The molecule has 0 aliphatic rings. The molecule has 1 aromatic rings. The van der Waals surface area contributed by atoms with Gasteiger partial charge in [-0.15, -0.1) is 0 Å². The number of aromatic nitrogens is 1. The Labute approximate surface area is 108 Å². The van der Waals surface area contributed by atoms with Crippen molar-refractivity contribution in [3.05, 3.63) is 24.0 Å². The predicted octanol–water partition coefficient (Wildman–Crippen LogP) is 1.67. The first-order valence-electron chi connectivity index (χ1n) is 5.79. The second kappa shape index (κ2) is 5.94. The van der Waals surface area contributed by atoms with Crippen LogP contribution in [0.25, 0.3) is 0 Å². The third-order valence-electron chi connectivity index (χ3n) is 3.00. The standard InChI is InChI=1S/C12H17N3O2S/c1-4-9(2)10(3)15-18(16,17)12-6-5-11(7-13)14-8-12/h5-6,8-10,15H,4H2,1-3H3. The highest BCUT2D eigenvalue weighted by molar-refractivity contribution is 7.89. The fourth-order valence-corrected chi connectivity index (χ4v) is 2.68. The first kappa shape index (κ1) is 14.6. The second-order valence-electron chi connectivity index (χ2n) is 4.29. The molecule has 0 aliphatic heterocycles. The van der Waals surface area contributed by atoms with Crippen molar-refractivity contribution in [2.45, 2.75) is 38.1 Å². The minimum Gasteiger partial charge on any atom is -0.244 e. The van der Waals surface area contributed by atoms with E-state index in [1.807, 2.05) is 26.8 Å². The Morgan fingerprint density at radius 1 is 1.44 bits per heavy atom. The molecule has 0 saturated carbocycles. The van der Waals surface area contributed by atoms with E-state index in [1.54, 1.807) is 0 Å². The quantitative estimate of drug-likeness (QED) is 0.879. The molecule has 0 aliphatic carbocycles. The summed E-state index contributed by atoms with van der Waals surface area (Å²) in [6, 6.07) is 4.48. The molecule has 2 unspecified atom stereocenters. The molecule has 0 spiro atoms. The molecule has 18 heavy (non-hydrogen) atoms. The lowest BCUT2D eigenvalue weighted by Gasteiger charge is -2.19. The van der Waals surface area contributed by atoms with Gasteiger partial charge in [0, 0.05) is 12.2 Å². The molecule has 0 fully saturated rings. The molecule has 0 amide bonds. The van der Waals surface area contributed by atoms with Gasteiger partial charge in [-0.1, -0.05) is 20.3 Å². The molecule has 1 heterocycles. The summed E-state index contributed by atoms with van der Waals surface area (Å²) in [6.07, 6.45) is 2.10. The van der Waals surface area contributed by atoms with Gasteiger partial charge in [-0.05, 0) is 25.0 Å². The summed E-state index contributed by atoms with van der Waals surface area (Å²) in [5.74, 6) is 0.256. The lowest BCUT2D eigenvalue weighted by molar-refractivity contribution is 0.434. The number of sulfonamides is 1. The Bertz CT molecular complexity index is 531. The number of nitrogens with zero attached hydrogens (tertiary/aromatic N) is 2. The number of nitrogens with one attached hydrogen (secondary N) is 1. The van der Waals surface area contributed by atoms with Gasteiger partial charge in [0.05, 0.1) is 0 Å². The Balaban J connectivity index is 2.90. The zero-order chi connectivity index (χ0) is 13.8. The van der Waals surface area contributed by atoms with Crippen molar-refractivity contribution in [1.82, 2.24) is 9.71 Å². The molecule has 1 aromatic heterocycles. The molecular formula is C12H17N3O2S. The summed E-state index contributed by atoms with van der Waals surface area (Å²) in [7, 11) is -3.56. The third kappa shape index (κ3) is 3.52. The Morgan fingerprint density at radius 3 is 2.56 bits per heavy atom. The highest BCUT2D eigenvalue weighted by atomic mass is 32.2. The molecule has 0 bridgehead atoms. The Hall–Kier alpha value is -1.45. The maximum absolute atomic E-state index is 12.0. The highest BCUT2D eigenvalue weighted by Crippen LogP contribution is 2.12. The van der Waals surface area contributed by atoms with Gasteiger partial charge in [-0.3, -0.25) is 0 Å². The first-order chi connectivity index (χ1) is 8.40. The summed E-state index contributed by atoms with van der Waals surface area (Å²) < 4.78 is 26.7. The molecule has 6 heteroatoms. The van der Waals surface area contributed by atoms with Crippen LogP contribution in [0.15, 0.2) is 23.2 Å². The first-order valence-corrected chi connectivity index (χ1v) is 7.27. The van der Waals surface area contributed by atoms with Crippen LogP contribution in [0.3, 0.4) is 0 Å². The van der Waals surface area contributed by atoms with Crippen molar-refractivity contribution in [3.8, 4) is 6.07 Å². The Kier molecular flexibility index (Phi) is 4.82. The summed E-state index contributed by atoms with van der Waals surface area (Å²) in [5, 5.41) is 8.60. The van der Waals surface area contributed by atoms with E-state index < -0.39 is 10.0 Å². The topological polar surface area (TPSA) is 82.9 Å². The predicted molar refractivity (Wildman–Crippen MR) is 68.2 cm³/mol. The van der Waals surface area contributed by atoms with E-state index in [1.165, 1.54) is 18.3 Å². The van der Waals surface area contributed by atoms with Crippen LogP contribution in [-0.4, -0.2) is 19.4 Å². The van der Waals surface area contributed by atoms with Crippen molar-refractivity contribution in [3.63, 3.8) is 0 Å². The van der Waals surface area contributed by atoms with E-state index in [0.29, 0.717) is 0 Å². The largest absolute Gasteiger partial charge is 0.244 e. The molecular weight excluding hydrogens is 250 g/mol. The molecule has 2 atom stereocenters. The van der Waals surface area contributed by atoms with E-state index in [2.05, 4.69) is 9.71 Å². The van der Waals surface area contributed by atoms with E-state index >= 15 is 0 Å². The lowest BCUT2D eigenvalue weighted by atomic mass is 10.0. The zero-order valence-corrected chi connectivity index (χ0v) is 11.5. The molecule has 0 saturated heterocycles. The van der Waals surface area contributed by atoms with Crippen molar-refractivity contribution >= 4 is 10.0 Å². The third-order valence-corrected chi connectivity index (χ3v) is 4.54. The summed E-state index contributed by atoms with van der Waals surface area (Å²) >= 11 is 0. The van der Waals surface area contributed by atoms with Gasteiger partial charge >= 0.3 is 0 Å². The smallest absolute Gasteiger partial charge is 0.242 e.